The monoisotopic (exact) mass is 388 g/mol. The van der Waals surface area contributed by atoms with Gasteiger partial charge in [-0.2, -0.15) is 4.99 Å². The summed E-state index contributed by atoms with van der Waals surface area (Å²) in [6, 6.07) is 7.94. The summed E-state index contributed by atoms with van der Waals surface area (Å²) in [7, 11) is 0. The van der Waals surface area contributed by atoms with Gasteiger partial charge < -0.3 is 9.30 Å². The van der Waals surface area contributed by atoms with Crippen molar-refractivity contribution in [1.29, 1.82) is 0 Å². The molecule has 0 spiro atoms. The maximum Gasteiger partial charge on any atom is 0.326 e. The molecule has 0 radical (unpaired) electrons. The number of fused-ring (bicyclic) bond motifs is 1. The maximum atomic E-state index is 12.4. The summed E-state index contributed by atoms with van der Waals surface area (Å²) in [6.07, 6.45) is 0.267. The fourth-order valence-corrected chi connectivity index (χ4v) is 4.43. The lowest BCUT2D eigenvalue weighted by Crippen LogP contribution is -2.23. The van der Waals surface area contributed by atoms with Gasteiger partial charge in [0, 0.05) is 4.88 Å². The number of carbonyl (C=O) groups excluding carboxylic acids is 2. The fourth-order valence-electron chi connectivity index (χ4n) is 2.60. The van der Waals surface area contributed by atoms with Gasteiger partial charge in [0.05, 0.1) is 23.2 Å². The second-order valence-electron chi connectivity index (χ2n) is 5.94. The molecule has 26 heavy (non-hydrogen) atoms. The lowest BCUT2D eigenvalue weighted by Gasteiger charge is -2.06. The number of hydrogen-bond donors (Lipinski definition) is 0. The van der Waals surface area contributed by atoms with Crippen LogP contribution in [0.15, 0.2) is 34.6 Å². The van der Waals surface area contributed by atoms with E-state index in [0.717, 1.165) is 20.7 Å². The van der Waals surface area contributed by atoms with E-state index in [9.17, 15) is 9.59 Å². The first kappa shape index (κ1) is 18.5. The van der Waals surface area contributed by atoms with Crippen LogP contribution in [0.4, 0.5) is 0 Å². The topological polar surface area (TPSA) is 60.7 Å². The van der Waals surface area contributed by atoms with E-state index in [1.165, 1.54) is 28.2 Å². The molecule has 3 rings (SSSR count). The lowest BCUT2D eigenvalue weighted by molar-refractivity contribution is -0.143. The number of rotatable bonds is 5. The summed E-state index contributed by atoms with van der Waals surface area (Å²) in [6.45, 7) is 6.21. The summed E-state index contributed by atoms with van der Waals surface area (Å²) in [4.78, 5) is 30.2. The molecule has 0 atom stereocenters. The van der Waals surface area contributed by atoms with Gasteiger partial charge in [-0.3, -0.25) is 9.59 Å². The van der Waals surface area contributed by atoms with Crippen molar-refractivity contribution in [3.8, 4) is 0 Å². The predicted molar refractivity (Wildman–Crippen MR) is 105 cm³/mol. The fraction of sp³-hybridized carbons (Fsp3) is 0.316. The zero-order valence-corrected chi connectivity index (χ0v) is 16.6. The number of hydrogen-bond acceptors (Lipinski definition) is 5. The molecule has 0 fully saturated rings. The van der Waals surface area contributed by atoms with Crippen LogP contribution in [0.25, 0.3) is 10.2 Å². The molecule has 0 aliphatic rings. The molecule has 5 nitrogen and oxygen atoms in total. The molecule has 0 N–H and O–H groups in total. The molecule has 0 aliphatic heterocycles. The van der Waals surface area contributed by atoms with Crippen molar-refractivity contribution < 1.29 is 14.3 Å². The highest BCUT2D eigenvalue weighted by molar-refractivity contribution is 7.16. The number of aryl methyl sites for hydroxylation is 2. The predicted octanol–water partition coefficient (Wildman–Crippen LogP) is 3.61. The maximum absolute atomic E-state index is 12.4. The van der Waals surface area contributed by atoms with Gasteiger partial charge in [-0.1, -0.05) is 17.4 Å². The molecule has 7 heteroatoms. The molecule has 136 valence electrons. The van der Waals surface area contributed by atoms with E-state index in [-0.39, 0.29) is 24.8 Å². The Kier molecular flexibility index (Phi) is 5.68. The van der Waals surface area contributed by atoms with Crippen molar-refractivity contribution in [3.05, 3.63) is 50.5 Å². The van der Waals surface area contributed by atoms with Gasteiger partial charge in [-0.15, -0.1) is 11.3 Å². The van der Waals surface area contributed by atoms with Crippen LogP contribution in [0.1, 0.15) is 22.9 Å². The lowest BCUT2D eigenvalue weighted by atomic mass is 10.1. The van der Waals surface area contributed by atoms with Gasteiger partial charge in [0.15, 0.2) is 4.80 Å². The van der Waals surface area contributed by atoms with Crippen molar-refractivity contribution in [2.45, 2.75) is 33.7 Å². The third kappa shape index (κ3) is 4.11. The minimum Gasteiger partial charge on any atom is -0.465 e. The van der Waals surface area contributed by atoms with Gasteiger partial charge in [-0.25, -0.2) is 0 Å². The highest BCUT2D eigenvalue weighted by Gasteiger charge is 2.13. The molecule has 0 aliphatic carbocycles. The number of nitrogens with zero attached hydrogens (tertiary/aromatic N) is 2. The molecular weight excluding hydrogens is 368 g/mol. The van der Waals surface area contributed by atoms with Crippen molar-refractivity contribution in [2.75, 3.05) is 6.61 Å². The van der Waals surface area contributed by atoms with Crippen LogP contribution in [0, 0.1) is 13.8 Å². The number of amides is 1. The first-order chi connectivity index (χ1) is 12.5. The first-order valence-electron chi connectivity index (χ1n) is 8.34. The molecule has 2 heterocycles. The van der Waals surface area contributed by atoms with E-state index in [2.05, 4.69) is 11.1 Å². The third-order valence-corrected chi connectivity index (χ3v) is 5.93. The SMILES string of the molecule is CCOC(=O)Cn1c(=NC(=O)Cc2cccs2)sc2cc(C)c(C)cc21. The van der Waals surface area contributed by atoms with Crippen molar-refractivity contribution >= 4 is 44.8 Å². The number of ether oxygens (including phenoxy) is 1. The van der Waals surface area contributed by atoms with Crippen LogP contribution < -0.4 is 4.80 Å². The third-order valence-electron chi connectivity index (χ3n) is 4.02. The molecule has 1 amide bonds. The second-order valence-corrected chi connectivity index (χ2v) is 7.98. The molecule has 0 unspecified atom stereocenters. The molecule has 0 bridgehead atoms. The largest absolute Gasteiger partial charge is 0.465 e. The smallest absolute Gasteiger partial charge is 0.326 e. The number of thiazole rings is 1. The zero-order valence-electron chi connectivity index (χ0n) is 14.9. The van der Waals surface area contributed by atoms with Crippen LogP contribution in [-0.2, 0) is 27.3 Å². The van der Waals surface area contributed by atoms with Crippen molar-refractivity contribution in [3.63, 3.8) is 0 Å². The Morgan fingerprint density at radius 1 is 1.23 bits per heavy atom. The molecule has 3 aromatic rings. The minimum absolute atomic E-state index is 0.0431. The standard InChI is InChI=1S/C19H20N2O3S2/c1-4-24-18(23)11-21-15-8-12(2)13(3)9-16(15)26-19(21)20-17(22)10-14-6-5-7-25-14/h5-9H,4,10-11H2,1-3H3. The van der Waals surface area contributed by atoms with E-state index >= 15 is 0 Å². The van der Waals surface area contributed by atoms with Crippen LogP contribution in [0.3, 0.4) is 0 Å². The van der Waals surface area contributed by atoms with E-state index in [1.807, 2.05) is 37.4 Å². The normalized spacial score (nSPS) is 11.9. The van der Waals surface area contributed by atoms with Gasteiger partial charge in [0.25, 0.3) is 5.91 Å². The Bertz CT molecular complexity index is 1010. The Hall–Kier alpha value is -2.25. The molecule has 0 saturated heterocycles. The zero-order chi connectivity index (χ0) is 18.7. The number of aromatic nitrogens is 1. The molecule has 2 aromatic heterocycles. The molecular formula is C19H20N2O3S2. The van der Waals surface area contributed by atoms with Crippen LogP contribution in [0.2, 0.25) is 0 Å². The highest BCUT2D eigenvalue weighted by Crippen LogP contribution is 2.22. The summed E-state index contributed by atoms with van der Waals surface area (Å²) in [5.74, 6) is -0.553. The van der Waals surface area contributed by atoms with E-state index in [0.29, 0.717) is 11.4 Å². The Morgan fingerprint density at radius 2 is 2.00 bits per heavy atom. The van der Waals surface area contributed by atoms with Crippen molar-refractivity contribution in [1.82, 2.24) is 4.57 Å². The number of benzene rings is 1. The van der Waals surface area contributed by atoms with Gasteiger partial charge >= 0.3 is 5.97 Å². The second kappa shape index (κ2) is 7.97. The molecule has 0 saturated carbocycles. The first-order valence-corrected chi connectivity index (χ1v) is 10.0. The van der Waals surface area contributed by atoms with Crippen LogP contribution in [0.5, 0.6) is 0 Å². The van der Waals surface area contributed by atoms with E-state index in [1.54, 1.807) is 11.5 Å². The minimum atomic E-state index is -0.336. The quantitative estimate of drug-likeness (QED) is 0.627. The van der Waals surface area contributed by atoms with Gasteiger partial charge in [0.1, 0.15) is 6.54 Å². The summed E-state index contributed by atoms with van der Waals surface area (Å²) >= 11 is 2.95. The van der Waals surface area contributed by atoms with Crippen LogP contribution in [-0.4, -0.2) is 23.1 Å². The van der Waals surface area contributed by atoms with Gasteiger partial charge in [-0.05, 0) is 55.5 Å². The highest BCUT2D eigenvalue weighted by atomic mass is 32.1. The number of thiophene rings is 1. The molecule has 1 aromatic carbocycles. The number of carbonyl (C=O) groups is 2. The van der Waals surface area contributed by atoms with Crippen LogP contribution >= 0.6 is 22.7 Å². The summed E-state index contributed by atoms with van der Waals surface area (Å²) in [5.41, 5.74) is 3.19. The van der Waals surface area contributed by atoms with Crippen molar-refractivity contribution in [2.24, 2.45) is 4.99 Å². The Labute approximate surface area is 159 Å². The average Bonchev–Trinajstić information content (AvgIpc) is 3.18. The van der Waals surface area contributed by atoms with E-state index in [4.69, 9.17) is 4.74 Å². The number of esters is 1. The van der Waals surface area contributed by atoms with Gasteiger partial charge in [0.2, 0.25) is 0 Å². The average molecular weight is 389 g/mol. The Morgan fingerprint density at radius 3 is 2.69 bits per heavy atom. The van der Waals surface area contributed by atoms with E-state index < -0.39 is 0 Å². The summed E-state index contributed by atoms with van der Waals surface area (Å²) in [5, 5.41) is 1.94. The summed E-state index contributed by atoms with van der Waals surface area (Å²) < 4.78 is 7.86. The Balaban J connectivity index is 2.05.